The van der Waals surface area contributed by atoms with Crippen LogP contribution in [0.1, 0.15) is 53.3 Å². The van der Waals surface area contributed by atoms with Crippen molar-refractivity contribution in [1.29, 1.82) is 0 Å². The molecule has 0 radical (unpaired) electrons. The van der Waals surface area contributed by atoms with E-state index in [2.05, 4.69) is 20.4 Å². The number of alkyl halides is 7. The van der Waals surface area contributed by atoms with E-state index in [1.165, 1.54) is 64.5 Å². The van der Waals surface area contributed by atoms with Gasteiger partial charge >= 0.3 is 27.1 Å². The van der Waals surface area contributed by atoms with Crippen molar-refractivity contribution >= 4 is 203 Å². The van der Waals surface area contributed by atoms with Crippen LogP contribution in [-0.4, -0.2) is 131 Å². The van der Waals surface area contributed by atoms with Crippen LogP contribution in [-0.2, 0) is 146 Å². The van der Waals surface area contributed by atoms with Gasteiger partial charge in [0.15, 0.2) is 0 Å². The quantitative estimate of drug-likeness (QED) is 0.0188. The molecule has 91 heavy (non-hydrogen) atoms. The van der Waals surface area contributed by atoms with E-state index in [4.69, 9.17) is 96.6 Å². The third-order valence-electron chi connectivity index (χ3n) is 9.50. The maximum Gasteiger partial charge on any atom is 0.522 e. The Morgan fingerprint density at radius 1 is 0.769 bits per heavy atom. The van der Waals surface area contributed by atoms with Crippen LogP contribution in [0.25, 0.3) is 0 Å². The number of aliphatic hydroxyl groups excluding tert-OH is 1. The number of aliphatic imine (C=N–C) groups is 1. The van der Waals surface area contributed by atoms with E-state index >= 15 is 0 Å². The van der Waals surface area contributed by atoms with Crippen molar-refractivity contribution in [3.05, 3.63) is 143 Å². The largest absolute Gasteiger partial charge is 0.522 e. The number of hydrogen-bond acceptors (Lipinski definition) is 18. The van der Waals surface area contributed by atoms with Crippen LogP contribution in [0.4, 0.5) is 43.9 Å². The fraction of sp³-hybridized carbons (Fsp3) is 0.391. The molecule has 7 rings (SSSR count). The number of nitrogens with two attached hydrogens (primary N) is 1. The summed E-state index contributed by atoms with van der Waals surface area (Å²) in [5.41, 5.74) is -2.08. The Bertz CT molecular complexity index is 3470. The molecular formula is C46H53ClF10N4O12P4S14. The fourth-order valence-corrected chi connectivity index (χ4v) is 41.6. The lowest BCUT2D eigenvalue weighted by Gasteiger charge is -2.25. The van der Waals surface area contributed by atoms with Gasteiger partial charge in [0.25, 0.3) is 0 Å². The first kappa shape index (κ1) is 89.5. The van der Waals surface area contributed by atoms with Gasteiger partial charge < -0.3 is 40.4 Å². The molecule has 16 nitrogen and oxygen atoms in total. The number of nitrogens with zero attached hydrogens (tertiary/aromatic N) is 1. The predicted molar refractivity (Wildman–Crippen MR) is 372 cm³/mol. The van der Waals surface area contributed by atoms with Gasteiger partial charge in [-0.2, -0.15) is 34.8 Å². The number of carbonyl (C=O) groups is 2. The number of morpholine rings is 2. The number of halogens is 11. The van der Waals surface area contributed by atoms with Crippen LogP contribution in [0, 0.1) is 23.3 Å². The molecule has 510 valence electrons. The first-order valence-corrected chi connectivity index (χ1v) is 48.0. The van der Waals surface area contributed by atoms with E-state index in [1.807, 2.05) is 27.9 Å². The zero-order chi connectivity index (χ0) is 69.2. The predicted octanol–water partition coefficient (Wildman–Crippen LogP) is 11.5. The van der Waals surface area contributed by atoms with Gasteiger partial charge in [-0.1, -0.05) is 84.4 Å². The van der Waals surface area contributed by atoms with Crippen molar-refractivity contribution in [1.82, 2.24) is 10.6 Å². The minimum Gasteiger partial charge on any atom is -0.465 e. The molecule has 4 aromatic rings. The Morgan fingerprint density at radius 2 is 1.22 bits per heavy atom. The summed E-state index contributed by atoms with van der Waals surface area (Å²) >= 11 is 26.3. The zero-order valence-electron chi connectivity index (χ0n) is 46.6. The highest BCUT2D eigenvalue weighted by molar-refractivity contribution is 8.87. The summed E-state index contributed by atoms with van der Waals surface area (Å²) in [6.45, 7) is 4.42. The molecule has 2 saturated heterocycles. The molecule has 0 bridgehead atoms. The monoisotopic (exact) mass is 1650 g/mol. The summed E-state index contributed by atoms with van der Waals surface area (Å²) in [6, 6.07) is 24.3. The number of ether oxygens (including phenoxy) is 4. The van der Waals surface area contributed by atoms with Crippen molar-refractivity contribution in [2.24, 2.45) is 10.7 Å². The lowest BCUT2D eigenvalue weighted by molar-refractivity contribution is -0.140. The molecule has 0 aromatic heterocycles. The van der Waals surface area contributed by atoms with Gasteiger partial charge in [0.2, 0.25) is 15.7 Å². The van der Waals surface area contributed by atoms with E-state index in [0.717, 1.165) is 35.8 Å². The van der Waals surface area contributed by atoms with E-state index < -0.39 is 37.0 Å². The van der Waals surface area contributed by atoms with Gasteiger partial charge in [-0.3, -0.25) is 19.1 Å². The highest BCUT2D eigenvalue weighted by Gasteiger charge is 2.44. The molecule has 6 N–H and O–H groups in total. The SMILES string of the molecule is CCOC(=O)CCl.CS(=O)(=O)C(F)(F)F.CSC1=N[C@H](c2cccc(F)c2)COC1.Fc1cccc([C@@H]2COCC(=S)N2)c1.N[C@@H](CO)c1cccc(F)c1.O=C1COC[C@@H](c2cccc(F)c2)N1.O=S(=O)(O)C(F)(F)F.S=PP(P=S)P=S=S=S=S=S=S=S=S. The minimum atomic E-state index is -5.84. The van der Waals surface area contributed by atoms with Gasteiger partial charge in [-0.25, -0.2) is 26.0 Å². The summed E-state index contributed by atoms with van der Waals surface area (Å²) in [7, 11) is 4.55. The third kappa shape index (κ3) is 42.7. The molecule has 4 atom stereocenters. The van der Waals surface area contributed by atoms with Crippen LogP contribution in [0.15, 0.2) is 102 Å². The number of thioether (sulfide) groups is 1. The number of thiocarbonyl (C=S) groups is 1. The van der Waals surface area contributed by atoms with Gasteiger partial charge in [0, 0.05) is 27.4 Å². The molecule has 3 aliphatic rings. The topological polar surface area (TPSA) is 242 Å². The Labute approximate surface area is 573 Å². The van der Waals surface area contributed by atoms with Crippen LogP contribution in [0.5, 0.6) is 0 Å². The van der Waals surface area contributed by atoms with Gasteiger partial charge in [0.1, 0.15) is 40.7 Å². The average molecular weight is 1650 g/mol. The van der Waals surface area contributed by atoms with E-state index in [0.29, 0.717) is 50.2 Å². The zero-order valence-corrected chi connectivity index (χ0v) is 62.3. The number of benzene rings is 4. The molecule has 45 heteroatoms. The first-order valence-electron chi connectivity index (χ1n) is 24.0. The Morgan fingerprint density at radius 3 is 1.63 bits per heavy atom. The maximum atomic E-state index is 13.0. The number of nitrogens with one attached hydrogen (secondary N) is 2. The Kier molecular flexibility index (Phi) is 49.1. The minimum absolute atomic E-state index is 0.0213. The molecule has 0 aliphatic carbocycles. The van der Waals surface area contributed by atoms with E-state index in [-0.39, 0.29) is 85.6 Å². The molecule has 0 saturated carbocycles. The number of carbonyl (C=O) groups excluding carboxylic acids is 2. The van der Waals surface area contributed by atoms with Crippen molar-refractivity contribution in [3.63, 3.8) is 0 Å². The van der Waals surface area contributed by atoms with Crippen LogP contribution in [0.2, 0.25) is 0 Å². The van der Waals surface area contributed by atoms with E-state index in [9.17, 15) is 61.9 Å². The molecule has 2 fully saturated rings. The summed E-state index contributed by atoms with van der Waals surface area (Å²) in [5.74, 6) is -1.66. The Hall–Kier alpha value is -1.49. The van der Waals surface area contributed by atoms with Crippen LogP contribution in [0.3, 0.4) is 0 Å². The van der Waals surface area contributed by atoms with Crippen LogP contribution < -0.4 is 16.4 Å². The normalized spacial score (nSPS) is 16.7. The number of amides is 1. The molecule has 1 amide bonds. The van der Waals surface area contributed by atoms with Gasteiger partial charge in [0.05, 0.1) is 82.4 Å². The molecule has 0 spiro atoms. The average Bonchev–Trinajstić information content (AvgIpc) is 2.66. The lowest BCUT2D eigenvalue weighted by Crippen LogP contribution is -2.39. The summed E-state index contributed by atoms with van der Waals surface area (Å²) in [4.78, 5) is 26.2. The third-order valence-corrected chi connectivity index (χ3v) is 45.8. The van der Waals surface area contributed by atoms with Crippen molar-refractivity contribution in [3.8, 4) is 0 Å². The second-order valence-electron chi connectivity index (χ2n) is 16.1. The smallest absolute Gasteiger partial charge is 0.465 e. The first-order chi connectivity index (χ1) is 42.7. The van der Waals surface area contributed by atoms with Crippen molar-refractivity contribution in [2.75, 3.05) is 71.2 Å². The highest BCUT2D eigenvalue weighted by atomic mass is 35.5. The highest BCUT2D eigenvalue weighted by Crippen LogP contribution is 2.69. The second-order valence-corrected chi connectivity index (χ2v) is 47.1. The van der Waals surface area contributed by atoms with Crippen molar-refractivity contribution in [2.45, 2.75) is 42.1 Å². The van der Waals surface area contributed by atoms with Gasteiger partial charge in [-0.05, 0) is 158 Å². The Balaban J connectivity index is 0.00000103. The number of rotatable bonds is 10. The number of esters is 1. The number of aliphatic hydroxyl groups is 1. The van der Waals surface area contributed by atoms with E-state index in [1.54, 1.807) is 99.5 Å². The summed E-state index contributed by atoms with van der Waals surface area (Å²) in [6.07, 6.45) is 2.09. The van der Waals surface area contributed by atoms with Crippen LogP contribution >= 0.6 is 63.7 Å². The summed E-state index contributed by atoms with van der Waals surface area (Å²) < 4.78 is 181. The van der Waals surface area contributed by atoms with Gasteiger partial charge in [-0.15, -0.1) is 23.4 Å². The second kappa shape index (κ2) is 49.9. The van der Waals surface area contributed by atoms with Crippen molar-refractivity contribution < 1.29 is 98.9 Å². The maximum absolute atomic E-state index is 13.0. The lowest BCUT2D eigenvalue weighted by atomic mass is 10.1. The molecular weight excluding hydrogens is 1600 g/mol. The molecule has 3 heterocycles. The summed E-state index contributed by atoms with van der Waals surface area (Å²) in [5, 5.41) is 15.4. The fourth-order valence-electron chi connectivity index (χ4n) is 5.59. The number of sulfone groups is 1. The molecule has 0 unspecified atom stereocenters. The molecule has 4 aromatic carbocycles. The molecule has 3 aliphatic heterocycles. The number of hydrogen-bond donors (Lipinski definition) is 5. The standard InChI is InChI=1S/C11H12FNOS.C10H10FNO2.C10H10FNOS.C8H10FNO.C4H7ClO2.C2H3F3O2S.CHF3O3S.P4S10/c1-15-11-7-14-6-10(13-11)8-3-2-4-9(12)5-8;11-8-3-1-2-7(4-8)9-5-14-6-10(13)12-9;11-8-3-1-2-7(4-8)9-5-13-6-10(14)12-9;9-7-3-1-2-6(4-7)8(10)5-11;1-2-7-4(6)3-5;1-8(6,7)2(3,4)5;2-1(3,4)8(5,6)7;5-1-4(2-6)3-8-10-12-14-13-11-9-7/h2-5,10H,6-7H2,1H3;1-4,9H,5-6H2,(H,12,13);1-4,9H,5-6H2,(H,12,14);1-4,8,11H,5,10H2;2-3H2,1H3;1H3;(H,5,6,7);/t10-;2*9-;8-;;;;/m0000..../s1.